The quantitative estimate of drug-likeness (QED) is 0.388. The fraction of sp³-hybridized carbons (Fsp3) is 0.467. The van der Waals surface area contributed by atoms with E-state index in [1.165, 1.54) is 12.8 Å². The molecule has 1 aliphatic heterocycles. The molecule has 2 aromatic carbocycles. The molecule has 0 aliphatic carbocycles. The van der Waals surface area contributed by atoms with E-state index in [1.807, 2.05) is 66.9 Å². The van der Waals surface area contributed by atoms with Gasteiger partial charge >= 0.3 is 0 Å². The van der Waals surface area contributed by atoms with Crippen LogP contribution in [0, 0.1) is 6.92 Å². The number of amides is 2. The molecule has 2 amide bonds. The van der Waals surface area contributed by atoms with Gasteiger partial charge in [0.15, 0.2) is 0 Å². The summed E-state index contributed by atoms with van der Waals surface area (Å²) in [6.07, 6.45) is 4.54. The van der Waals surface area contributed by atoms with Crippen molar-refractivity contribution in [2.24, 2.45) is 0 Å². The van der Waals surface area contributed by atoms with Gasteiger partial charge in [0.1, 0.15) is 17.0 Å². The van der Waals surface area contributed by atoms with Crippen molar-refractivity contribution in [3.05, 3.63) is 65.4 Å². The molecule has 4 rings (SSSR count). The second-order valence-corrected chi connectivity index (χ2v) is 9.80. The standard InChI is InChI=1S/C26H31N3O3.C4H10/c1-5-6-13-27-25(31)26(3)17-28-22-15-21(32-4)12-11-20(22)14-23(28)24(30)29(26)16-19-9-7-18(2)8-10-19;1-3-4-2/h7-12,14-15H,5-6,13,16-17H2,1-4H3,(H,27,31);3-4H2,1-2H3. The second kappa shape index (κ2) is 12.1. The molecule has 1 N–H and O–H groups in total. The lowest BCUT2D eigenvalue weighted by Crippen LogP contribution is -2.63. The van der Waals surface area contributed by atoms with Crippen LogP contribution < -0.4 is 10.1 Å². The Morgan fingerprint density at radius 3 is 2.33 bits per heavy atom. The third-order valence-corrected chi connectivity index (χ3v) is 6.90. The number of methoxy groups -OCH3 is 1. The Morgan fingerprint density at radius 1 is 1.03 bits per heavy atom. The molecular formula is C30H41N3O3. The van der Waals surface area contributed by atoms with Gasteiger partial charge in [0, 0.05) is 24.5 Å². The lowest BCUT2D eigenvalue weighted by molar-refractivity contribution is -0.133. The van der Waals surface area contributed by atoms with Gasteiger partial charge in [0.25, 0.3) is 5.91 Å². The molecule has 6 heteroatoms. The maximum atomic E-state index is 13.8. The van der Waals surface area contributed by atoms with Crippen molar-refractivity contribution in [3.63, 3.8) is 0 Å². The summed E-state index contributed by atoms with van der Waals surface area (Å²) in [5, 5.41) is 4.02. The highest BCUT2D eigenvalue weighted by Crippen LogP contribution is 2.34. The smallest absolute Gasteiger partial charge is 0.271 e. The van der Waals surface area contributed by atoms with Crippen LogP contribution in [-0.4, -0.2) is 40.5 Å². The van der Waals surface area contributed by atoms with E-state index < -0.39 is 5.54 Å². The molecule has 6 nitrogen and oxygen atoms in total. The van der Waals surface area contributed by atoms with E-state index >= 15 is 0 Å². The third kappa shape index (κ3) is 5.75. The fourth-order valence-corrected chi connectivity index (χ4v) is 4.35. The van der Waals surface area contributed by atoms with E-state index in [0.717, 1.165) is 40.6 Å². The molecule has 0 spiro atoms. The first-order valence-corrected chi connectivity index (χ1v) is 13.1. The molecule has 1 aromatic heterocycles. The zero-order valence-electron chi connectivity index (χ0n) is 22.7. The minimum Gasteiger partial charge on any atom is -0.497 e. The largest absolute Gasteiger partial charge is 0.497 e. The molecule has 36 heavy (non-hydrogen) atoms. The van der Waals surface area contributed by atoms with Gasteiger partial charge in [-0.15, -0.1) is 0 Å². The normalized spacial score (nSPS) is 16.8. The summed E-state index contributed by atoms with van der Waals surface area (Å²) in [5.41, 5.74) is 2.64. The van der Waals surface area contributed by atoms with Crippen LogP contribution in [0.25, 0.3) is 10.9 Å². The van der Waals surface area contributed by atoms with Gasteiger partial charge in [0.05, 0.1) is 19.2 Å². The Balaban J connectivity index is 0.000000840. The minimum atomic E-state index is -1.02. The zero-order chi connectivity index (χ0) is 26.3. The molecule has 0 radical (unpaired) electrons. The van der Waals surface area contributed by atoms with Crippen LogP contribution in [0.2, 0.25) is 0 Å². The lowest BCUT2D eigenvalue weighted by atomic mass is 9.93. The van der Waals surface area contributed by atoms with Crippen molar-refractivity contribution >= 4 is 22.7 Å². The van der Waals surface area contributed by atoms with Crippen molar-refractivity contribution in [2.75, 3.05) is 13.7 Å². The first-order valence-electron chi connectivity index (χ1n) is 13.1. The average molecular weight is 492 g/mol. The predicted octanol–water partition coefficient (Wildman–Crippen LogP) is 6.10. The Morgan fingerprint density at radius 2 is 1.72 bits per heavy atom. The average Bonchev–Trinajstić information content (AvgIpc) is 3.25. The Labute approximate surface area is 215 Å². The second-order valence-electron chi connectivity index (χ2n) is 9.80. The first-order chi connectivity index (χ1) is 17.3. The summed E-state index contributed by atoms with van der Waals surface area (Å²) < 4.78 is 7.36. The first kappa shape index (κ1) is 27.3. The van der Waals surface area contributed by atoms with Crippen LogP contribution in [0.15, 0.2) is 48.5 Å². The number of nitrogens with zero attached hydrogens (tertiary/aromatic N) is 2. The van der Waals surface area contributed by atoms with Gasteiger partial charge in [-0.3, -0.25) is 9.59 Å². The summed E-state index contributed by atoms with van der Waals surface area (Å²) in [6, 6.07) is 15.8. The van der Waals surface area contributed by atoms with E-state index in [1.54, 1.807) is 12.0 Å². The molecule has 1 unspecified atom stereocenters. The molecule has 1 atom stereocenters. The molecular weight excluding hydrogens is 450 g/mol. The SMILES string of the molecule is CCCC.CCCCNC(=O)C1(C)Cn2c(cc3ccc(OC)cc32)C(=O)N1Cc1ccc(C)cc1. The van der Waals surface area contributed by atoms with Crippen molar-refractivity contribution in [3.8, 4) is 5.75 Å². The highest BCUT2D eigenvalue weighted by Gasteiger charge is 2.47. The molecule has 0 saturated heterocycles. The van der Waals surface area contributed by atoms with Crippen LogP contribution in [0.3, 0.4) is 0 Å². The van der Waals surface area contributed by atoms with Crippen LogP contribution >= 0.6 is 0 Å². The number of ether oxygens (including phenoxy) is 1. The predicted molar refractivity (Wildman–Crippen MR) is 146 cm³/mol. The molecule has 0 saturated carbocycles. The number of hydrogen-bond acceptors (Lipinski definition) is 3. The van der Waals surface area contributed by atoms with Crippen LogP contribution in [0.5, 0.6) is 5.75 Å². The van der Waals surface area contributed by atoms with Gasteiger partial charge in [-0.2, -0.15) is 0 Å². The number of hydrogen-bond donors (Lipinski definition) is 1. The summed E-state index contributed by atoms with van der Waals surface area (Å²) in [7, 11) is 1.63. The van der Waals surface area contributed by atoms with Crippen LogP contribution in [0.1, 0.15) is 75.0 Å². The minimum absolute atomic E-state index is 0.123. The molecule has 1 aliphatic rings. The third-order valence-electron chi connectivity index (χ3n) is 6.90. The number of nitrogens with one attached hydrogen (secondary N) is 1. The van der Waals surface area contributed by atoms with Gasteiger partial charge in [-0.1, -0.05) is 69.9 Å². The summed E-state index contributed by atoms with van der Waals surface area (Å²) in [5.74, 6) is 0.462. The monoisotopic (exact) mass is 491 g/mol. The van der Waals surface area contributed by atoms with Crippen molar-refractivity contribution < 1.29 is 14.3 Å². The maximum Gasteiger partial charge on any atom is 0.271 e. The number of carbonyl (C=O) groups excluding carboxylic acids is 2. The van der Waals surface area contributed by atoms with E-state index in [0.29, 0.717) is 25.3 Å². The van der Waals surface area contributed by atoms with Gasteiger partial charge in [-0.25, -0.2) is 0 Å². The fourth-order valence-electron chi connectivity index (χ4n) is 4.35. The zero-order valence-corrected chi connectivity index (χ0v) is 22.7. The summed E-state index contributed by atoms with van der Waals surface area (Å²) in [4.78, 5) is 28.9. The number of unbranched alkanes of at least 4 members (excludes halogenated alkanes) is 2. The lowest BCUT2D eigenvalue weighted by Gasteiger charge is -2.44. The highest BCUT2D eigenvalue weighted by molar-refractivity contribution is 6.03. The number of benzene rings is 2. The van der Waals surface area contributed by atoms with E-state index in [9.17, 15) is 9.59 Å². The van der Waals surface area contributed by atoms with Gasteiger partial charge in [0.2, 0.25) is 5.91 Å². The van der Waals surface area contributed by atoms with Crippen LogP contribution in [0.4, 0.5) is 0 Å². The number of aryl methyl sites for hydroxylation is 1. The molecule has 0 bridgehead atoms. The van der Waals surface area contributed by atoms with Gasteiger partial charge < -0.3 is 19.5 Å². The highest BCUT2D eigenvalue weighted by atomic mass is 16.5. The van der Waals surface area contributed by atoms with Crippen molar-refractivity contribution in [1.82, 2.24) is 14.8 Å². The van der Waals surface area contributed by atoms with Crippen LogP contribution in [-0.2, 0) is 17.9 Å². The van der Waals surface area contributed by atoms with E-state index in [4.69, 9.17) is 4.74 Å². The summed E-state index contributed by atoms with van der Waals surface area (Å²) in [6.45, 7) is 11.7. The maximum absolute atomic E-state index is 13.8. The molecule has 3 aromatic rings. The number of aromatic nitrogens is 1. The number of carbonyl (C=O) groups is 2. The topological polar surface area (TPSA) is 63.6 Å². The molecule has 0 fully saturated rings. The molecule has 2 heterocycles. The number of fused-ring (bicyclic) bond motifs is 3. The number of rotatable bonds is 8. The van der Waals surface area contributed by atoms with Crippen molar-refractivity contribution in [2.45, 2.75) is 78.9 Å². The Hall–Kier alpha value is -3.28. The summed E-state index contributed by atoms with van der Waals surface area (Å²) >= 11 is 0. The van der Waals surface area contributed by atoms with Crippen molar-refractivity contribution in [1.29, 1.82) is 0 Å². The Bertz CT molecular complexity index is 1180. The Kier molecular flexibility index (Phi) is 9.19. The van der Waals surface area contributed by atoms with E-state index in [-0.39, 0.29) is 11.8 Å². The van der Waals surface area contributed by atoms with E-state index in [2.05, 4.69) is 26.1 Å². The van der Waals surface area contributed by atoms with Gasteiger partial charge in [-0.05, 0) is 44.0 Å². The molecule has 194 valence electrons.